The van der Waals surface area contributed by atoms with E-state index in [1.807, 2.05) is 12.1 Å². The van der Waals surface area contributed by atoms with E-state index in [-0.39, 0.29) is 11.9 Å². The van der Waals surface area contributed by atoms with Crippen molar-refractivity contribution in [3.63, 3.8) is 0 Å². The monoisotopic (exact) mass is 283 g/mol. The van der Waals surface area contributed by atoms with E-state index in [0.717, 1.165) is 23.5 Å². The van der Waals surface area contributed by atoms with Gasteiger partial charge in [-0.2, -0.15) is 11.8 Å². The Balaban J connectivity index is 2.01. The lowest BCUT2D eigenvalue weighted by Gasteiger charge is -2.25. The van der Waals surface area contributed by atoms with Crippen molar-refractivity contribution < 1.29 is 9.50 Å². The van der Waals surface area contributed by atoms with Crippen LogP contribution < -0.4 is 5.32 Å². The smallest absolute Gasteiger partial charge is 0.129 e. The van der Waals surface area contributed by atoms with Crippen LogP contribution in [0.1, 0.15) is 36.1 Å². The number of aliphatic hydroxyl groups is 1. The minimum absolute atomic E-state index is 0.118. The van der Waals surface area contributed by atoms with Crippen LogP contribution in [0.2, 0.25) is 0 Å². The molecule has 2 nitrogen and oxygen atoms in total. The Hall–Kier alpha value is -0.580. The number of halogens is 1. The third-order valence-corrected chi connectivity index (χ3v) is 5.01. The first-order valence-corrected chi connectivity index (χ1v) is 7.87. The molecule has 2 rings (SSSR count). The summed E-state index contributed by atoms with van der Waals surface area (Å²) in [7, 11) is 0. The number of hydrogen-bond acceptors (Lipinski definition) is 3. The molecule has 1 aliphatic heterocycles. The molecule has 19 heavy (non-hydrogen) atoms. The highest BCUT2D eigenvalue weighted by Crippen LogP contribution is 2.28. The predicted octanol–water partition coefficient (Wildman–Crippen LogP) is 2.96. The zero-order chi connectivity index (χ0) is 14.0. The average Bonchev–Trinajstić information content (AvgIpc) is 2.80. The highest BCUT2D eigenvalue weighted by atomic mass is 32.2. The Morgan fingerprint density at radius 1 is 1.42 bits per heavy atom. The minimum Gasteiger partial charge on any atom is -0.388 e. The van der Waals surface area contributed by atoms with Crippen LogP contribution in [-0.2, 0) is 0 Å². The maximum Gasteiger partial charge on any atom is 0.129 e. The fraction of sp³-hybridized carbons (Fsp3) is 0.600. The fourth-order valence-electron chi connectivity index (χ4n) is 2.43. The molecule has 1 saturated heterocycles. The first-order valence-electron chi connectivity index (χ1n) is 6.71. The second-order valence-corrected chi connectivity index (χ2v) is 6.70. The third-order valence-electron chi connectivity index (χ3n) is 3.78. The number of aryl methyl sites for hydroxylation is 2. The standard InChI is InChI=1S/C15H22FNOS/c1-10-6-13(7-11(2)14(10)16)12(3)17-8-15(18)4-5-19-9-15/h6-7,12,17-18H,4-5,8-9H2,1-3H3. The molecule has 1 aromatic rings. The van der Waals surface area contributed by atoms with Crippen molar-refractivity contribution in [2.75, 3.05) is 18.1 Å². The van der Waals surface area contributed by atoms with Crippen molar-refractivity contribution in [3.05, 3.63) is 34.6 Å². The van der Waals surface area contributed by atoms with E-state index in [1.165, 1.54) is 0 Å². The van der Waals surface area contributed by atoms with Crippen LogP contribution >= 0.6 is 11.8 Å². The summed E-state index contributed by atoms with van der Waals surface area (Å²) in [5.74, 6) is 1.71. The van der Waals surface area contributed by atoms with Crippen molar-refractivity contribution in [3.8, 4) is 0 Å². The topological polar surface area (TPSA) is 32.3 Å². The summed E-state index contributed by atoms with van der Waals surface area (Å²) in [4.78, 5) is 0. The lowest BCUT2D eigenvalue weighted by atomic mass is 9.99. The van der Waals surface area contributed by atoms with Crippen molar-refractivity contribution in [2.45, 2.75) is 38.8 Å². The van der Waals surface area contributed by atoms with Gasteiger partial charge in [0.1, 0.15) is 5.82 Å². The molecule has 0 saturated carbocycles. The second-order valence-electron chi connectivity index (χ2n) is 5.60. The molecule has 0 aromatic heterocycles. The highest BCUT2D eigenvalue weighted by molar-refractivity contribution is 7.99. The Morgan fingerprint density at radius 2 is 2.05 bits per heavy atom. The van der Waals surface area contributed by atoms with Crippen LogP contribution in [0.15, 0.2) is 12.1 Å². The number of thioether (sulfide) groups is 1. The van der Waals surface area contributed by atoms with Gasteiger partial charge in [0.25, 0.3) is 0 Å². The third kappa shape index (κ3) is 3.50. The maximum absolute atomic E-state index is 13.6. The Kier molecular flexibility index (Phi) is 4.54. The van der Waals surface area contributed by atoms with E-state index in [2.05, 4.69) is 12.2 Å². The summed E-state index contributed by atoms with van der Waals surface area (Å²) < 4.78 is 13.6. The van der Waals surface area contributed by atoms with Gasteiger partial charge in [-0.05, 0) is 49.6 Å². The number of rotatable bonds is 4. The number of nitrogens with one attached hydrogen (secondary N) is 1. The molecule has 1 heterocycles. The first kappa shape index (κ1) is 14.8. The average molecular weight is 283 g/mol. The quantitative estimate of drug-likeness (QED) is 0.891. The van der Waals surface area contributed by atoms with Crippen LogP contribution in [0.4, 0.5) is 4.39 Å². The van der Waals surface area contributed by atoms with Gasteiger partial charge >= 0.3 is 0 Å². The van der Waals surface area contributed by atoms with E-state index >= 15 is 0 Å². The van der Waals surface area contributed by atoms with E-state index in [0.29, 0.717) is 17.7 Å². The predicted molar refractivity (Wildman–Crippen MR) is 79.2 cm³/mol. The molecule has 0 aliphatic carbocycles. The molecule has 2 unspecified atom stereocenters. The number of benzene rings is 1. The zero-order valence-corrected chi connectivity index (χ0v) is 12.6. The molecule has 2 N–H and O–H groups in total. The molecule has 1 fully saturated rings. The highest BCUT2D eigenvalue weighted by Gasteiger charge is 2.31. The maximum atomic E-state index is 13.6. The van der Waals surface area contributed by atoms with Crippen LogP contribution in [0, 0.1) is 19.7 Å². The first-order chi connectivity index (χ1) is 8.91. The molecule has 1 aromatic carbocycles. The van der Waals surface area contributed by atoms with Crippen molar-refractivity contribution in [1.82, 2.24) is 5.32 Å². The van der Waals surface area contributed by atoms with Crippen LogP contribution in [0.3, 0.4) is 0 Å². The second kappa shape index (κ2) is 5.81. The van der Waals surface area contributed by atoms with Crippen LogP contribution in [0.5, 0.6) is 0 Å². The van der Waals surface area contributed by atoms with Crippen molar-refractivity contribution in [1.29, 1.82) is 0 Å². The summed E-state index contributed by atoms with van der Waals surface area (Å²) in [6, 6.07) is 3.88. The zero-order valence-electron chi connectivity index (χ0n) is 11.8. The normalized spacial score (nSPS) is 24.7. The Labute approximate surface area is 118 Å². The summed E-state index contributed by atoms with van der Waals surface area (Å²) in [5, 5.41) is 13.7. The Bertz CT molecular complexity index is 434. The Morgan fingerprint density at radius 3 is 2.58 bits per heavy atom. The SMILES string of the molecule is Cc1cc(C(C)NCC2(O)CCSC2)cc(C)c1F. The van der Waals surface area contributed by atoms with E-state index < -0.39 is 5.60 Å². The van der Waals surface area contributed by atoms with Crippen LogP contribution in [-0.4, -0.2) is 28.8 Å². The van der Waals surface area contributed by atoms with Gasteiger partial charge in [0.05, 0.1) is 5.60 Å². The van der Waals surface area contributed by atoms with E-state index in [4.69, 9.17) is 0 Å². The molecule has 0 spiro atoms. The minimum atomic E-state index is -0.580. The summed E-state index contributed by atoms with van der Waals surface area (Å²) in [6.45, 7) is 6.23. The summed E-state index contributed by atoms with van der Waals surface area (Å²) >= 11 is 1.80. The van der Waals surface area contributed by atoms with Gasteiger partial charge in [-0.1, -0.05) is 12.1 Å². The lowest BCUT2D eigenvalue weighted by Crippen LogP contribution is -2.41. The molecule has 1 aliphatic rings. The molecule has 0 radical (unpaired) electrons. The molecule has 106 valence electrons. The van der Waals surface area contributed by atoms with Gasteiger partial charge in [-0.25, -0.2) is 4.39 Å². The van der Waals surface area contributed by atoms with Crippen molar-refractivity contribution in [2.24, 2.45) is 0 Å². The lowest BCUT2D eigenvalue weighted by molar-refractivity contribution is 0.0651. The van der Waals surface area contributed by atoms with Gasteiger partial charge in [-0.15, -0.1) is 0 Å². The van der Waals surface area contributed by atoms with Gasteiger partial charge in [-0.3, -0.25) is 0 Å². The van der Waals surface area contributed by atoms with Gasteiger partial charge in [0.2, 0.25) is 0 Å². The van der Waals surface area contributed by atoms with E-state index in [1.54, 1.807) is 25.6 Å². The number of hydrogen-bond donors (Lipinski definition) is 2. The van der Waals surface area contributed by atoms with Gasteiger partial charge < -0.3 is 10.4 Å². The summed E-state index contributed by atoms with van der Waals surface area (Å²) in [5.41, 5.74) is 1.85. The molecular formula is C15H22FNOS. The van der Waals surface area contributed by atoms with E-state index in [9.17, 15) is 9.50 Å². The van der Waals surface area contributed by atoms with Crippen LogP contribution in [0.25, 0.3) is 0 Å². The molecule has 0 bridgehead atoms. The molecule has 4 heteroatoms. The fourth-order valence-corrected chi connectivity index (χ4v) is 3.72. The molecular weight excluding hydrogens is 261 g/mol. The molecule has 2 atom stereocenters. The van der Waals surface area contributed by atoms with Gasteiger partial charge in [0.15, 0.2) is 0 Å². The van der Waals surface area contributed by atoms with Gasteiger partial charge in [0, 0.05) is 18.3 Å². The largest absolute Gasteiger partial charge is 0.388 e. The summed E-state index contributed by atoms with van der Waals surface area (Å²) in [6.07, 6.45) is 0.846. The molecule has 0 amide bonds. The van der Waals surface area contributed by atoms with Crippen molar-refractivity contribution >= 4 is 11.8 Å².